The van der Waals surface area contributed by atoms with Gasteiger partial charge in [-0.3, -0.25) is 0 Å². The van der Waals surface area contributed by atoms with Crippen molar-refractivity contribution >= 4 is 5.84 Å². The highest BCUT2D eigenvalue weighted by molar-refractivity contribution is 5.97. The van der Waals surface area contributed by atoms with Gasteiger partial charge in [0, 0.05) is 18.7 Å². The minimum Gasteiger partial charge on any atom is -0.409 e. The lowest BCUT2D eigenvalue weighted by Crippen LogP contribution is -2.17. The monoisotopic (exact) mass is 297 g/mol. The summed E-state index contributed by atoms with van der Waals surface area (Å²) in [5.41, 5.74) is 6.60. The molecule has 0 spiro atoms. The number of halogens is 1. The van der Waals surface area contributed by atoms with Crippen LogP contribution in [0.5, 0.6) is 0 Å². The van der Waals surface area contributed by atoms with Crippen LogP contribution in [0.2, 0.25) is 0 Å². The lowest BCUT2D eigenvalue weighted by atomic mass is 10.1. The molecule has 0 unspecified atom stereocenters. The number of hydrogen-bond donors (Lipinski definition) is 3. The number of nitrogens with one attached hydrogen (secondary N) is 1. The number of oxime groups is 1. The minimum atomic E-state index is -0.402. The van der Waals surface area contributed by atoms with Crippen molar-refractivity contribution < 1.29 is 14.3 Å². The molecule has 118 valence electrons. The molecule has 0 radical (unpaired) electrons. The van der Waals surface area contributed by atoms with Gasteiger partial charge in [-0.15, -0.1) is 0 Å². The first-order chi connectivity index (χ1) is 10.0. The predicted molar refractivity (Wildman–Crippen MR) is 80.9 cm³/mol. The van der Waals surface area contributed by atoms with Gasteiger partial charge in [-0.1, -0.05) is 5.16 Å². The molecule has 6 heteroatoms. The number of benzene rings is 1. The van der Waals surface area contributed by atoms with Crippen LogP contribution in [0.1, 0.15) is 37.8 Å². The molecule has 0 amide bonds. The van der Waals surface area contributed by atoms with Crippen LogP contribution in [0.4, 0.5) is 4.39 Å². The van der Waals surface area contributed by atoms with E-state index in [1.165, 1.54) is 12.1 Å². The Labute approximate surface area is 125 Å². The maximum atomic E-state index is 13.4. The second kappa shape index (κ2) is 9.31. The third-order valence-corrected chi connectivity index (χ3v) is 2.89. The van der Waals surface area contributed by atoms with Crippen molar-refractivity contribution in [1.82, 2.24) is 5.32 Å². The highest BCUT2D eigenvalue weighted by Gasteiger charge is 2.04. The van der Waals surface area contributed by atoms with Crippen LogP contribution in [0.3, 0.4) is 0 Å². The average Bonchev–Trinajstić information content (AvgIpc) is 2.44. The lowest BCUT2D eigenvalue weighted by Gasteiger charge is -2.09. The molecule has 0 aliphatic heterocycles. The van der Waals surface area contributed by atoms with Gasteiger partial charge in [0.1, 0.15) is 5.82 Å². The van der Waals surface area contributed by atoms with Gasteiger partial charge in [0.25, 0.3) is 0 Å². The van der Waals surface area contributed by atoms with Gasteiger partial charge in [-0.2, -0.15) is 0 Å². The van der Waals surface area contributed by atoms with Crippen molar-refractivity contribution in [3.8, 4) is 0 Å². The van der Waals surface area contributed by atoms with E-state index in [1.807, 2.05) is 13.8 Å². The van der Waals surface area contributed by atoms with Crippen molar-refractivity contribution in [1.29, 1.82) is 0 Å². The van der Waals surface area contributed by atoms with Crippen molar-refractivity contribution in [3.05, 3.63) is 35.1 Å². The Balaban J connectivity index is 2.34. The normalized spacial score (nSPS) is 12.1. The van der Waals surface area contributed by atoms with E-state index in [0.29, 0.717) is 12.1 Å². The number of amidine groups is 1. The summed E-state index contributed by atoms with van der Waals surface area (Å²) in [5, 5.41) is 14.7. The summed E-state index contributed by atoms with van der Waals surface area (Å²) >= 11 is 0. The Morgan fingerprint density at radius 3 is 2.81 bits per heavy atom. The van der Waals surface area contributed by atoms with Crippen molar-refractivity contribution in [2.24, 2.45) is 10.9 Å². The SMILES string of the molecule is CC(C)OCCCCNCc1cc(F)cc(/C(N)=N/O)c1. The van der Waals surface area contributed by atoms with E-state index in [9.17, 15) is 4.39 Å². The van der Waals surface area contributed by atoms with E-state index >= 15 is 0 Å². The molecule has 0 aliphatic rings. The number of rotatable bonds is 9. The molecule has 0 saturated heterocycles. The average molecular weight is 297 g/mol. The first-order valence-electron chi connectivity index (χ1n) is 7.12. The fourth-order valence-corrected chi connectivity index (χ4v) is 1.86. The molecule has 0 heterocycles. The van der Waals surface area contributed by atoms with Crippen molar-refractivity contribution in [2.45, 2.75) is 39.3 Å². The summed E-state index contributed by atoms with van der Waals surface area (Å²) in [4.78, 5) is 0. The Morgan fingerprint density at radius 2 is 2.14 bits per heavy atom. The molecule has 0 bridgehead atoms. The van der Waals surface area contributed by atoms with Crippen molar-refractivity contribution in [2.75, 3.05) is 13.2 Å². The van der Waals surface area contributed by atoms with Gasteiger partial charge in [0.05, 0.1) is 6.10 Å². The second-order valence-corrected chi connectivity index (χ2v) is 5.14. The molecular weight excluding hydrogens is 273 g/mol. The van der Waals surface area contributed by atoms with E-state index in [4.69, 9.17) is 15.7 Å². The van der Waals surface area contributed by atoms with Gasteiger partial charge < -0.3 is 21.0 Å². The molecule has 0 fully saturated rings. The number of nitrogens with zero attached hydrogens (tertiary/aromatic N) is 1. The molecule has 0 aromatic heterocycles. The molecule has 0 aliphatic carbocycles. The topological polar surface area (TPSA) is 79.9 Å². The molecule has 1 aromatic carbocycles. The van der Waals surface area contributed by atoms with Crippen LogP contribution in [-0.4, -0.2) is 30.3 Å². The van der Waals surface area contributed by atoms with Gasteiger partial charge in [-0.05, 0) is 57.0 Å². The first kappa shape index (κ1) is 17.4. The molecule has 1 rings (SSSR count). The maximum Gasteiger partial charge on any atom is 0.170 e. The molecule has 1 aromatic rings. The summed E-state index contributed by atoms with van der Waals surface area (Å²) in [6.07, 6.45) is 2.25. The third-order valence-electron chi connectivity index (χ3n) is 2.89. The number of ether oxygens (including phenoxy) is 1. The summed E-state index contributed by atoms with van der Waals surface area (Å²) in [5.74, 6) is -0.497. The van der Waals surface area contributed by atoms with Crippen molar-refractivity contribution in [3.63, 3.8) is 0 Å². The van der Waals surface area contributed by atoms with Crippen LogP contribution >= 0.6 is 0 Å². The summed E-state index contributed by atoms with van der Waals surface area (Å²) in [6.45, 7) is 6.15. The fraction of sp³-hybridized carbons (Fsp3) is 0.533. The largest absolute Gasteiger partial charge is 0.409 e. The number of unbranched alkanes of at least 4 members (excludes halogenated alkanes) is 1. The fourth-order valence-electron chi connectivity index (χ4n) is 1.86. The van der Waals surface area contributed by atoms with E-state index in [0.717, 1.165) is 31.6 Å². The zero-order valence-corrected chi connectivity index (χ0v) is 12.6. The van der Waals surface area contributed by atoms with Crippen LogP contribution in [-0.2, 0) is 11.3 Å². The van der Waals surface area contributed by atoms with Gasteiger partial charge >= 0.3 is 0 Å². The lowest BCUT2D eigenvalue weighted by molar-refractivity contribution is 0.0760. The third kappa shape index (κ3) is 7.06. The molecule has 21 heavy (non-hydrogen) atoms. The Morgan fingerprint density at radius 1 is 1.38 bits per heavy atom. The van der Waals surface area contributed by atoms with Gasteiger partial charge in [0.2, 0.25) is 0 Å². The van der Waals surface area contributed by atoms with Crippen LogP contribution in [0, 0.1) is 5.82 Å². The van der Waals surface area contributed by atoms with Crippen LogP contribution in [0.15, 0.2) is 23.4 Å². The van der Waals surface area contributed by atoms with E-state index < -0.39 is 5.82 Å². The van der Waals surface area contributed by atoms with Gasteiger partial charge in [-0.25, -0.2) is 4.39 Å². The summed E-state index contributed by atoms with van der Waals surface area (Å²) in [6, 6.07) is 4.37. The number of nitrogens with two attached hydrogens (primary N) is 1. The second-order valence-electron chi connectivity index (χ2n) is 5.14. The Hall–Kier alpha value is -1.66. The smallest absolute Gasteiger partial charge is 0.170 e. The molecule has 5 nitrogen and oxygen atoms in total. The Kier molecular flexibility index (Phi) is 7.71. The minimum absolute atomic E-state index is 0.0958. The highest BCUT2D eigenvalue weighted by Crippen LogP contribution is 2.09. The zero-order valence-electron chi connectivity index (χ0n) is 12.6. The van der Waals surface area contributed by atoms with Gasteiger partial charge in [0.15, 0.2) is 5.84 Å². The van der Waals surface area contributed by atoms with E-state index in [1.54, 1.807) is 6.07 Å². The highest BCUT2D eigenvalue weighted by atomic mass is 19.1. The summed E-state index contributed by atoms with van der Waals surface area (Å²) in [7, 11) is 0. The molecule has 4 N–H and O–H groups in total. The van der Waals surface area contributed by atoms with E-state index in [2.05, 4.69) is 10.5 Å². The molecular formula is C15H24FN3O2. The zero-order chi connectivity index (χ0) is 15.7. The number of hydrogen-bond acceptors (Lipinski definition) is 4. The maximum absolute atomic E-state index is 13.4. The van der Waals surface area contributed by atoms with Crippen LogP contribution in [0.25, 0.3) is 0 Å². The molecule has 0 saturated carbocycles. The van der Waals surface area contributed by atoms with E-state index in [-0.39, 0.29) is 11.9 Å². The first-order valence-corrected chi connectivity index (χ1v) is 7.12. The Bertz CT molecular complexity index is 464. The molecule has 0 atom stereocenters. The predicted octanol–water partition coefficient (Wildman–Crippen LogP) is 2.21. The standard InChI is InChI=1S/C15H24FN3O2/c1-11(2)21-6-4-3-5-18-10-12-7-13(15(17)19-20)9-14(16)8-12/h7-9,11,18,20H,3-6,10H2,1-2H3,(H2,17,19). The quantitative estimate of drug-likeness (QED) is 0.215. The summed E-state index contributed by atoms with van der Waals surface area (Å²) < 4.78 is 18.9. The van der Waals surface area contributed by atoms with Crippen LogP contribution < -0.4 is 11.1 Å².